The number of carbonyl (C=O) groups excluding carboxylic acids is 2. The molecule has 2 amide bonds. The summed E-state index contributed by atoms with van der Waals surface area (Å²) in [5.74, 6) is -0.271. The van der Waals surface area contributed by atoms with Gasteiger partial charge in [0.15, 0.2) is 0 Å². The first-order chi connectivity index (χ1) is 13.8. The Morgan fingerprint density at radius 1 is 1.00 bits per heavy atom. The molecule has 0 bridgehead atoms. The number of rotatable bonds is 10. The maximum absolute atomic E-state index is 12.2. The maximum atomic E-state index is 12.2. The van der Waals surface area contributed by atoms with Crippen molar-refractivity contribution in [2.75, 3.05) is 18.5 Å². The van der Waals surface area contributed by atoms with Crippen LogP contribution in [0.25, 0.3) is 0 Å². The molecular weight excluding hydrogens is 372 g/mol. The van der Waals surface area contributed by atoms with Crippen LogP contribution in [0.3, 0.4) is 0 Å². The number of carboxylic acids is 1. The highest BCUT2D eigenvalue weighted by Gasteiger charge is 2.08. The van der Waals surface area contributed by atoms with Crippen molar-refractivity contribution in [3.8, 4) is 5.75 Å². The molecule has 2 aromatic rings. The van der Waals surface area contributed by atoms with Gasteiger partial charge in [-0.25, -0.2) is 0 Å². The zero-order valence-corrected chi connectivity index (χ0v) is 16.6. The summed E-state index contributed by atoms with van der Waals surface area (Å²) < 4.78 is 5.63. The standard InChI is InChI=1S/C22H26N2O5/c1-15(2)14-29-19-9-3-16(4-10-19)13-20(25)24-18-7-5-17(6-8-18)22(28)23-12-11-21(26)27/h3-10,15H,11-14H2,1-2H3,(H,23,28)(H,24,25)(H,26,27). The number of benzene rings is 2. The molecule has 7 nitrogen and oxygen atoms in total. The molecule has 7 heteroatoms. The predicted molar refractivity (Wildman–Crippen MR) is 110 cm³/mol. The Labute approximate surface area is 170 Å². The van der Waals surface area contributed by atoms with E-state index in [1.165, 1.54) is 0 Å². The molecule has 0 aromatic heterocycles. The fraction of sp³-hybridized carbons (Fsp3) is 0.318. The number of anilines is 1. The van der Waals surface area contributed by atoms with Crippen molar-refractivity contribution in [1.82, 2.24) is 5.32 Å². The molecule has 2 aromatic carbocycles. The Kier molecular flexibility index (Phi) is 8.21. The van der Waals surface area contributed by atoms with Gasteiger partial charge in [-0.05, 0) is 47.9 Å². The van der Waals surface area contributed by atoms with Gasteiger partial charge >= 0.3 is 5.97 Å². The Morgan fingerprint density at radius 2 is 1.66 bits per heavy atom. The number of amides is 2. The van der Waals surface area contributed by atoms with Crippen LogP contribution in [0.2, 0.25) is 0 Å². The Balaban J connectivity index is 1.82. The predicted octanol–water partition coefficient (Wildman–Crippen LogP) is 3.11. The molecule has 3 N–H and O–H groups in total. The summed E-state index contributed by atoms with van der Waals surface area (Å²) >= 11 is 0. The molecule has 0 saturated carbocycles. The van der Waals surface area contributed by atoms with Gasteiger partial charge in [0.2, 0.25) is 5.91 Å². The topological polar surface area (TPSA) is 105 Å². The SMILES string of the molecule is CC(C)COc1ccc(CC(=O)Nc2ccc(C(=O)NCCC(=O)O)cc2)cc1. The monoisotopic (exact) mass is 398 g/mol. The summed E-state index contributed by atoms with van der Waals surface area (Å²) in [4.78, 5) is 34.6. The number of ether oxygens (including phenoxy) is 1. The van der Waals surface area contributed by atoms with Gasteiger partial charge < -0.3 is 20.5 Å². The second kappa shape index (κ2) is 10.8. The Hall–Kier alpha value is -3.35. The van der Waals surface area contributed by atoms with Gasteiger partial charge in [-0.3, -0.25) is 14.4 Å². The second-order valence-corrected chi connectivity index (χ2v) is 7.05. The zero-order valence-electron chi connectivity index (χ0n) is 16.6. The Morgan fingerprint density at radius 3 is 2.24 bits per heavy atom. The first-order valence-corrected chi connectivity index (χ1v) is 9.45. The minimum Gasteiger partial charge on any atom is -0.493 e. The molecule has 0 spiro atoms. The van der Waals surface area contributed by atoms with Crippen LogP contribution in [0.1, 0.15) is 36.2 Å². The van der Waals surface area contributed by atoms with Crippen molar-refractivity contribution < 1.29 is 24.2 Å². The normalized spacial score (nSPS) is 10.4. The summed E-state index contributed by atoms with van der Waals surface area (Å²) in [6.45, 7) is 4.87. The van der Waals surface area contributed by atoms with Gasteiger partial charge in [-0.15, -0.1) is 0 Å². The smallest absolute Gasteiger partial charge is 0.305 e. The molecule has 29 heavy (non-hydrogen) atoms. The van der Waals surface area contributed by atoms with Crippen LogP contribution in [-0.2, 0) is 16.0 Å². The van der Waals surface area contributed by atoms with Crippen LogP contribution >= 0.6 is 0 Å². The lowest BCUT2D eigenvalue weighted by molar-refractivity contribution is -0.136. The van der Waals surface area contributed by atoms with E-state index in [0.717, 1.165) is 11.3 Å². The third-order valence-electron chi connectivity index (χ3n) is 3.93. The molecule has 0 aliphatic carbocycles. The van der Waals surface area contributed by atoms with Crippen molar-refractivity contribution in [1.29, 1.82) is 0 Å². The van der Waals surface area contributed by atoms with Gasteiger partial charge in [0.25, 0.3) is 5.91 Å². The van der Waals surface area contributed by atoms with Crippen LogP contribution in [0.4, 0.5) is 5.69 Å². The van der Waals surface area contributed by atoms with Crippen molar-refractivity contribution >= 4 is 23.5 Å². The van der Waals surface area contributed by atoms with E-state index in [4.69, 9.17) is 9.84 Å². The molecule has 0 fully saturated rings. The number of carboxylic acid groups (broad SMARTS) is 1. The molecule has 0 aliphatic rings. The fourth-order valence-corrected chi connectivity index (χ4v) is 2.45. The van der Waals surface area contributed by atoms with Crippen LogP contribution in [0.15, 0.2) is 48.5 Å². The van der Waals surface area contributed by atoms with Crippen molar-refractivity contribution in [2.45, 2.75) is 26.7 Å². The first-order valence-electron chi connectivity index (χ1n) is 9.45. The number of nitrogens with one attached hydrogen (secondary N) is 2. The minimum absolute atomic E-state index is 0.0634. The summed E-state index contributed by atoms with van der Waals surface area (Å²) in [5, 5.41) is 13.9. The van der Waals surface area contributed by atoms with E-state index < -0.39 is 5.97 Å². The lowest BCUT2D eigenvalue weighted by Crippen LogP contribution is -2.26. The van der Waals surface area contributed by atoms with Crippen LogP contribution < -0.4 is 15.4 Å². The molecule has 154 valence electrons. The van der Waals surface area contributed by atoms with Gasteiger partial charge in [0, 0.05) is 17.8 Å². The van der Waals surface area contributed by atoms with Gasteiger partial charge in [-0.1, -0.05) is 26.0 Å². The van der Waals surface area contributed by atoms with E-state index >= 15 is 0 Å². The average molecular weight is 398 g/mol. The minimum atomic E-state index is -0.971. The van der Waals surface area contributed by atoms with Gasteiger partial charge in [0.05, 0.1) is 19.4 Å². The highest BCUT2D eigenvalue weighted by Crippen LogP contribution is 2.15. The lowest BCUT2D eigenvalue weighted by atomic mass is 10.1. The quantitative estimate of drug-likeness (QED) is 0.570. The molecule has 0 saturated heterocycles. The molecule has 0 unspecified atom stereocenters. The first kappa shape index (κ1) is 21.9. The van der Waals surface area contributed by atoms with Crippen LogP contribution in [-0.4, -0.2) is 36.0 Å². The molecule has 0 aliphatic heterocycles. The van der Waals surface area contributed by atoms with Crippen molar-refractivity contribution in [3.05, 3.63) is 59.7 Å². The zero-order chi connectivity index (χ0) is 21.2. The third-order valence-corrected chi connectivity index (χ3v) is 3.93. The van der Waals surface area contributed by atoms with E-state index in [1.807, 2.05) is 24.3 Å². The Bertz CT molecular complexity index is 829. The van der Waals surface area contributed by atoms with E-state index in [0.29, 0.717) is 23.8 Å². The fourth-order valence-electron chi connectivity index (χ4n) is 2.45. The van der Waals surface area contributed by atoms with E-state index in [-0.39, 0.29) is 31.2 Å². The largest absolute Gasteiger partial charge is 0.493 e. The summed E-state index contributed by atoms with van der Waals surface area (Å²) in [7, 11) is 0. The van der Waals surface area contributed by atoms with Crippen LogP contribution in [0.5, 0.6) is 5.75 Å². The highest BCUT2D eigenvalue weighted by atomic mass is 16.5. The summed E-state index contributed by atoms with van der Waals surface area (Å²) in [6, 6.07) is 13.8. The second-order valence-electron chi connectivity index (χ2n) is 7.05. The van der Waals surface area contributed by atoms with Gasteiger partial charge in [0.1, 0.15) is 5.75 Å². The van der Waals surface area contributed by atoms with E-state index in [1.54, 1.807) is 24.3 Å². The number of aliphatic carboxylic acids is 1. The number of hydrogen-bond donors (Lipinski definition) is 3. The lowest BCUT2D eigenvalue weighted by Gasteiger charge is -2.10. The maximum Gasteiger partial charge on any atom is 0.305 e. The molecule has 2 rings (SSSR count). The number of carbonyl (C=O) groups is 3. The van der Waals surface area contributed by atoms with E-state index in [9.17, 15) is 14.4 Å². The van der Waals surface area contributed by atoms with Crippen LogP contribution in [0, 0.1) is 5.92 Å². The third kappa shape index (κ3) is 8.04. The number of hydrogen-bond acceptors (Lipinski definition) is 4. The summed E-state index contributed by atoms with van der Waals surface area (Å²) in [5.41, 5.74) is 1.84. The molecule has 0 radical (unpaired) electrons. The van der Waals surface area contributed by atoms with Crippen molar-refractivity contribution in [3.63, 3.8) is 0 Å². The molecule has 0 atom stereocenters. The highest BCUT2D eigenvalue weighted by molar-refractivity contribution is 5.96. The van der Waals surface area contributed by atoms with E-state index in [2.05, 4.69) is 24.5 Å². The van der Waals surface area contributed by atoms with Gasteiger partial charge in [-0.2, -0.15) is 0 Å². The van der Waals surface area contributed by atoms with Crippen molar-refractivity contribution in [2.24, 2.45) is 5.92 Å². The molecule has 0 heterocycles. The summed E-state index contributed by atoms with van der Waals surface area (Å²) in [6.07, 6.45) is 0.0899. The molecular formula is C22H26N2O5. The average Bonchev–Trinajstić information content (AvgIpc) is 2.67.